The summed E-state index contributed by atoms with van der Waals surface area (Å²) in [5, 5.41) is 13.5. The summed E-state index contributed by atoms with van der Waals surface area (Å²) in [4.78, 5) is 24.5. The summed E-state index contributed by atoms with van der Waals surface area (Å²) in [6.07, 6.45) is 0.359. The molecule has 2 N–H and O–H groups in total. The van der Waals surface area contributed by atoms with E-state index in [1.54, 1.807) is 26.2 Å². The average molecular weight is 279 g/mol. The molecule has 0 radical (unpaired) electrons. The SMILES string of the molecule is CC(C)NC(=O)CCNc1ccc(C(=O)N(C)C)nn1. The van der Waals surface area contributed by atoms with Crippen molar-refractivity contribution in [3.63, 3.8) is 0 Å². The highest BCUT2D eigenvalue weighted by molar-refractivity contribution is 5.91. The van der Waals surface area contributed by atoms with Crippen molar-refractivity contribution in [2.24, 2.45) is 0 Å². The van der Waals surface area contributed by atoms with Gasteiger partial charge in [0.25, 0.3) is 5.91 Å². The van der Waals surface area contributed by atoms with Crippen molar-refractivity contribution in [2.45, 2.75) is 26.3 Å². The van der Waals surface area contributed by atoms with Crippen LogP contribution in [0.25, 0.3) is 0 Å². The van der Waals surface area contributed by atoms with Gasteiger partial charge in [-0.1, -0.05) is 0 Å². The molecular weight excluding hydrogens is 258 g/mol. The van der Waals surface area contributed by atoms with E-state index in [-0.39, 0.29) is 23.6 Å². The van der Waals surface area contributed by atoms with Crippen molar-refractivity contribution >= 4 is 17.6 Å². The summed E-state index contributed by atoms with van der Waals surface area (Å²) in [5.74, 6) is 0.331. The van der Waals surface area contributed by atoms with Crippen LogP contribution in [0.15, 0.2) is 12.1 Å². The number of hydrogen-bond donors (Lipinski definition) is 2. The number of carbonyl (C=O) groups excluding carboxylic acids is 2. The van der Waals surface area contributed by atoms with Crippen LogP contribution in [0.1, 0.15) is 30.8 Å². The topological polar surface area (TPSA) is 87.2 Å². The Morgan fingerprint density at radius 3 is 2.45 bits per heavy atom. The van der Waals surface area contributed by atoms with Gasteiger partial charge in [-0.3, -0.25) is 9.59 Å². The standard InChI is InChI=1S/C13H21N5O2/c1-9(2)15-12(19)7-8-14-11-6-5-10(16-17-11)13(20)18(3)4/h5-6,9H,7-8H2,1-4H3,(H,14,17)(H,15,19). The minimum absolute atomic E-state index is 0.0140. The maximum absolute atomic E-state index is 11.6. The molecule has 1 aromatic rings. The average Bonchev–Trinajstić information content (AvgIpc) is 2.37. The van der Waals surface area contributed by atoms with Gasteiger partial charge in [0.05, 0.1) is 0 Å². The van der Waals surface area contributed by atoms with Crippen LogP contribution in [-0.4, -0.2) is 53.6 Å². The summed E-state index contributed by atoms with van der Waals surface area (Å²) >= 11 is 0. The van der Waals surface area contributed by atoms with Crippen molar-refractivity contribution in [3.8, 4) is 0 Å². The van der Waals surface area contributed by atoms with Crippen molar-refractivity contribution in [3.05, 3.63) is 17.8 Å². The second-order valence-corrected chi connectivity index (χ2v) is 4.90. The number of hydrogen-bond acceptors (Lipinski definition) is 5. The molecule has 110 valence electrons. The molecule has 0 unspecified atom stereocenters. The predicted molar refractivity (Wildman–Crippen MR) is 76.4 cm³/mol. The Hall–Kier alpha value is -2.18. The predicted octanol–water partition coefficient (Wildman–Crippen LogP) is 0.505. The Bertz CT molecular complexity index is 456. The van der Waals surface area contributed by atoms with Gasteiger partial charge >= 0.3 is 0 Å². The number of aromatic nitrogens is 2. The van der Waals surface area contributed by atoms with Crippen LogP contribution in [0.5, 0.6) is 0 Å². The van der Waals surface area contributed by atoms with Gasteiger partial charge in [-0.05, 0) is 26.0 Å². The largest absolute Gasteiger partial charge is 0.368 e. The monoisotopic (exact) mass is 279 g/mol. The first-order valence-corrected chi connectivity index (χ1v) is 6.48. The van der Waals surface area contributed by atoms with Crippen molar-refractivity contribution in [1.29, 1.82) is 0 Å². The van der Waals surface area contributed by atoms with Crippen LogP contribution < -0.4 is 10.6 Å². The molecular formula is C13H21N5O2. The third-order valence-electron chi connectivity index (χ3n) is 2.40. The molecule has 0 aliphatic carbocycles. The zero-order valence-corrected chi connectivity index (χ0v) is 12.3. The number of rotatable bonds is 6. The van der Waals surface area contributed by atoms with Gasteiger partial charge in [0.15, 0.2) is 5.69 Å². The summed E-state index contributed by atoms with van der Waals surface area (Å²) in [6.45, 7) is 4.29. The zero-order valence-electron chi connectivity index (χ0n) is 12.3. The fourth-order valence-corrected chi connectivity index (χ4v) is 1.47. The number of carbonyl (C=O) groups is 2. The molecule has 1 rings (SSSR count). The second kappa shape index (κ2) is 7.42. The minimum atomic E-state index is -0.194. The smallest absolute Gasteiger partial charge is 0.273 e. The molecule has 0 atom stereocenters. The van der Waals surface area contributed by atoms with Gasteiger partial charge in [0, 0.05) is 33.1 Å². The fourth-order valence-electron chi connectivity index (χ4n) is 1.47. The van der Waals surface area contributed by atoms with Crippen molar-refractivity contribution < 1.29 is 9.59 Å². The fraction of sp³-hybridized carbons (Fsp3) is 0.538. The summed E-state index contributed by atoms with van der Waals surface area (Å²) in [6, 6.07) is 3.41. The Balaban J connectivity index is 2.42. The second-order valence-electron chi connectivity index (χ2n) is 4.90. The summed E-state index contributed by atoms with van der Waals surface area (Å²) < 4.78 is 0. The summed E-state index contributed by atoms with van der Waals surface area (Å²) in [5.41, 5.74) is 0.290. The van der Waals surface area contributed by atoms with E-state index in [1.165, 1.54) is 4.90 Å². The Labute approximate surface area is 118 Å². The minimum Gasteiger partial charge on any atom is -0.368 e. The van der Waals surface area contributed by atoms with E-state index in [0.29, 0.717) is 18.8 Å². The van der Waals surface area contributed by atoms with Gasteiger partial charge in [-0.15, -0.1) is 10.2 Å². The third kappa shape index (κ3) is 5.21. The number of nitrogens with zero attached hydrogens (tertiary/aromatic N) is 3. The number of amides is 2. The maximum atomic E-state index is 11.6. The highest BCUT2D eigenvalue weighted by Crippen LogP contribution is 2.03. The van der Waals surface area contributed by atoms with E-state index < -0.39 is 0 Å². The van der Waals surface area contributed by atoms with Gasteiger partial charge < -0.3 is 15.5 Å². The lowest BCUT2D eigenvalue weighted by molar-refractivity contribution is -0.121. The Morgan fingerprint density at radius 1 is 1.25 bits per heavy atom. The van der Waals surface area contributed by atoms with Crippen LogP contribution in [0.4, 0.5) is 5.82 Å². The van der Waals surface area contributed by atoms with E-state index in [2.05, 4.69) is 20.8 Å². The van der Waals surface area contributed by atoms with E-state index >= 15 is 0 Å². The maximum Gasteiger partial charge on any atom is 0.273 e. The molecule has 0 saturated carbocycles. The number of anilines is 1. The van der Waals surface area contributed by atoms with Crippen LogP contribution >= 0.6 is 0 Å². The molecule has 1 heterocycles. The van der Waals surface area contributed by atoms with Crippen molar-refractivity contribution in [2.75, 3.05) is 26.0 Å². The molecule has 1 aromatic heterocycles. The van der Waals surface area contributed by atoms with Crippen LogP contribution in [0, 0.1) is 0 Å². The van der Waals surface area contributed by atoms with Crippen molar-refractivity contribution in [1.82, 2.24) is 20.4 Å². The lowest BCUT2D eigenvalue weighted by atomic mass is 10.3. The van der Waals surface area contributed by atoms with Gasteiger partial charge in [0.1, 0.15) is 5.82 Å². The first-order valence-electron chi connectivity index (χ1n) is 6.48. The number of nitrogens with one attached hydrogen (secondary N) is 2. The molecule has 0 fully saturated rings. The van der Waals surface area contributed by atoms with Gasteiger partial charge in [-0.25, -0.2) is 0 Å². The highest BCUT2D eigenvalue weighted by atomic mass is 16.2. The molecule has 7 heteroatoms. The molecule has 0 aliphatic rings. The van der Waals surface area contributed by atoms with E-state index in [9.17, 15) is 9.59 Å². The molecule has 0 aromatic carbocycles. The first kappa shape index (κ1) is 15.9. The van der Waals surface area contributed by atoms with E-state index in [0.717, 1.165) is 0 Å². The van der Waals surface area contributed by atoms with Gasteiger partial charge in [0.2, 0.25) is 5.91 Å². The van der Waals surface area contributed by atoms with Crippen LogP contribution in [0.2, 0.25) is 0 Å². The molecule has 0 aliphatic heterocycles. The Morgan fingerprint density at radius 2 is 1.95 bits per heavy atom. The van der Waals surface area contributed by atoms with E-state index in [4.69, 9.17) is 0 Å². The quantitative estimate of drug-likeness (QED) is 0.792. The Kier molecular flexibility index (Phi) is 5.89. The molecule has 7 nitrogen and oxygen atoms in total. The third-order valence-corrected chi connectivity index (χ3v) is 2.40. The lowest BCUT2D eigenvalue weighted by Crippen LogP contribution is -2.31. The molecule has 0 saturated heterocycles. The molecule has 0 bridgehead atoms. The van der Waals surface area contributed by atoms with Gasteiger partial charge in [-0.2, -0.15) is 0 Å². The first-order chi connectivity index (χ1) is 9.40. The summed E-state index contributed by atoms with van der Waals surface area (Å²) in [7, 11) is 3.31. The molecule has 0 spiro atoms. The normalized spacial score (nSPS) is 10.2. The molecule has 2 amide bonds. The van der Waals surface area contributed by atoms with E-state index in [1.807, 2.05) is 13.8 Å². The molecule has 20 heavy (non-hydrogen) atoms. The zero-order chi connectivity index (χ0) is 15.1. The highest BCUT2D eigenvalue weighted by Gasteiger charge is 2.10. The lowest BCUT2D eigenvalue weighted by Gasteiger charge is -2.10. The van der Waals surface area contributed by atoms with Crippen LogP contribution in [0.3, 0.4) is 0 Å². The van der Waals surface area contributed by atoms with Crippen LogP contribution in [-0.2, 0) is 4.79 Å².